The lowest BCUT2D eigenvalue weighted by molar-refractivity contribution is 0.234. The molecule has 0 fully saturated rings. The number of furan rings is 1. The number of benzene rings is 1. The molecule has 114 valence electrons. The van der Waals surface area contributed by atoms with Crippen LogP contribution in [-0.4, -0.2) is 24.9 Å². The molecule has 0 aliphatic rings. The molecule has 2 rings (SSSR count). The zero-order chi connectivity index (χ0) is 15.6. The molecule has 0 amide bonds. The molecule has 0 bridgehead atoms. The van der Waals surface area contributed by atoms with Crippen molar-refractivity contribution < 1.29 is 17.9 Å². The minimum absolute atomic E-state index is 0.201. The van der Waals surface area contributed by atoms with Crippen molar-refractivity contribution in [2.45, 2.75) is 24.7 Å². The van der Waals surface area contributed by atoms with E-state index >= 15 is 0 Å². The van der Waals surface area contributed by atoms with Crippen LogP contribution in [0.1, 0.15) is 24.3 Å². The molecular formula is C14H16ClNO4S. The van der Waals surface area contributed by atoms with Crippen LogP contribution < -0.4 is 0 Å². The van der Waals surface area contributed by atoms with E-state index in [0.717, 1.165) is 0 Å². The molecule has 0 spiro atoms. The first-order chi connectivity index (χ1) is 9.87. The van der Waals surface area contributed by atoms with Gasteiger partial charge in [0.1, 0.15) is 12.4 Å². The SMILES string of the molecule is CC(c1ccccc1Cl)N(C)S(=O)(=O)c1ccc(CO)o1. The van der Waals surface area contributed by atoms with Gasteiger partial charge in [-0.25, -0.2) is 8.42 Å². The molecule has 0 aliphatic heterocycles. The van der Waals surface area contributed by atoms with Crippen molar-refractivity contribution in [1.82, 2.24) is 4.31 Å². The van der Waals surface area contributed by atoms with E-state index in [0.29, 0.717) is 10.6 Å². The van der Waals surface area contributed by atoms with E-state index in [1.807, 2.05) is 0 Å². The summed E-state index contributed by atoms with van der Waals surface area (Å²) in [5.74, 6) is 0.201. The van der Waals surface area contributed by atoms with E-state index in [9.17, 15) is 8.42 Å². The molecule has 0 radical (unpaired) electrons. The van der Waals surface area contributed by atoms with E-state index in [-0.39, 0.29) is 17.5 Å². The molecule has 0 aliphatic carbocycles. The molecule has 0 saturated heterocycles. The lowest BCUT2D eigenvalue weighted by Crippen LogP contribution is -2.29. The molecule has 1 unspecified atom stereocenters. The number of hydrogen-bond acceptors (Lipinski definition) is 4. The molecular weight excluding hydrogens is 314 g/mol. The maximum absolute atomic E-state index is 12.5. The Kier molecular flexibility index (Phi) is 4.73. The summed E-state index contributed by atoms with van der Waals surface area (Å²) in [7, 11) is -2.33. The summed E-state index contributed by atoms with van der Waals surface area (Å²) in [6.07, 6.45) is 0. The van der Waals surface area contributed by atoms with Crippen LogP contribution in [0.5, 0.6) is 0 Å². The van der Waals surface area contributed by atoms with Crippen molar-refractivity contribution in [2.24, 2.45) is 0 Å². The molecule has 1 aromatic carbocycles. The fraction of sp³-hybridized carbons (Fsp3) is 0.286. The normalized spacial score (nSPS) is 13.6. The first-order valence-electron chi connectivity index (χ1n) is 6.30. The van der Waals surface area contributed by atoms with Crippen molar-refractivity contribution in [3.63, 3.8) is 0 Å². The summed E-state index contributed by atoms with van der Waals surface area (Å²) in [4.78, 5) is 0. The van der Waals surface area contributed by atoms with E-state index < -0.39 is 16.1 Å². The monoisotopic (exact) mass is 329 g/mol. The largest absolute Gasteiger partial charge is 0.446 e. The highest BCUT2D eigenvalue weighted by molar-refractivity contribution is 7.89. The number of sulfonamides is 1. The average molecular weight is 330 g/mol. The maximum atomic E-state index is 12.5. The highest BCUT2D eigenvalue weighted by atomic mass is 35.5. The van der Waals surface area contributed by atoms with Crippen LogP contribution in [0, 0.1) is 0 Å². The second kappa shape index (κ2) is 6.19. The molecule has 0 saturated carbocycles. The lowest BCUT2D eigenvalue weighted by Gasteiger charge is -2.24. The summed E-state index contributed by atoms with van der Waals surface area (Å²) in [5, 5.41) is 9.26. The minimum Gasteiger partial charge on any atom is -0.446 e. The molecule has 7 heteroatoms. The minimum atomic E-state index is -3.80. The second-order valence-electron chi connectivity index (χ2n) is 4.60. The van der Waals surface area contributed by atoms with Gasteiger partial charge in [0.05, 0.1) is 0 Å². The van der Waals surface area contributed by atoms with Gasteiger partial charge in [-0.2, -0.15) is 4.31 Å². The first-order valence-corrected chi connectivity index (χ1v) is 8.11. The van der Waals surface area contributed by atoms with Crippen LogP contribution in [0.4, 0.5) is 0 Å². The van der Waals surface area contributed by atoms with E-state index in [1.165, 1.54) is 23.5 Å². The standard InChI is InChI=1S/C14H16ClNO4S/c1-10(12-5-3-4-6-13(12)15)16(2)21(18,19)14-8-7-11(9-17)20-14/h3-8,10,17H,9H2,1-2H3. The van der Waals surface area contributed by atoms with Crippen molar-refractivity contribution in [3.05, 3.63) is 52.7 Å². The summed E-state index contributed by atoms with van der Waals surface area (Å²) < 4.78 is 31.3. The van der Waals surface area contributed by atoms with Crippen molar-refractivity contribution in [3.8, 4) is 0 Å². The number of aliphatic hydroxyl groups is 1. The third-order valence-corrected chi connectivity index (χ3v) is 5.47. The number of rotatable bonds is 5. The smallest absolute Gasteiger partial charge is 0.276 e. The molecule has 1 N–H and O–H groups in total. The number of hydrogen-bond donors (Lipinski definition) is 1. The molecule has 1 atom stereocenters. The van der Waals surface area contributed by atoms with Gasteiger partial charge in [0.25, 0.3) is 10.0 Å². The van der Waals surface area contributed by atoms with Crippen molar-refractivity contribution in [2.75, 3.05) is 7.05 Å². The van der Waals surface area contributed by atoms with Crippen molar-refractivity contribution in [1.29, 1.82) is 0 Å². The van der Waals surface area contributed by atoms with Gasteiger partial charge in [-0.05, 0) is 30.7 Å². The predicted octanol–water partition coefficient (Wildman–Crippen LogP) is 2.81. The van der Waals surface area contributed by atoms with Gasteiger partial charge in [0, 0.05) is 18.1 Å². The lowest BCUT2D eigenvalue weighted by atomic mass is 10.1. The average Bonchev–Trinajstić information content (AvgIpc) is 2.96. The zero-order valence-corrected chi connectivity index (χ0v) is 13.2. The van der Waals surface area contributed by atoms with Gasteiger partial charge in [-0.15, -0.1) is 0 Å². The number of halogens is 1. The van der Waals surface area contributed by atoms with Gasteiger partial charge in [0.2, 0.25) is 5.09 Å². The third kappa shape index (κ3) is 3.13. The summed E-state index contributed by atoms with van der Waals surface area (Å²) in [6, 6.07) is 9.39. The Balaban J connectivity index is 2.34. The maximum Gasteiger partial charge on any atom is 0.276 e. The Hall–Kier alpha value is -1.34. The highest BCUT2D eigenvalue weighted by Crippen LogP contribution is 2.30. The summed E-state index contributed by atoms with van der Waals surface area (Å²) in [6.45, 7) is 1.40. The second-order valence-corrected chi connectivity index (χ2v) is 6.93. The Labute approximate surface area is 128 Å². The van der Waals surface area contributed by atoms with Crippen LogP contribution in [0.15, 0.2) is 45.9 Å². The Morgan fingerprint density at radius 3 is 2.52 bits per heavy atom. The zero-order valence-electron chi connectivity index (χ0n) is 11.7. The van der Waals surface area contributed by atoms with E-state index in [4.69, 9.17) is 21.1 Å². The van der Waals surface area contributed by atoms with Gasteiger partial charge in [-0.1, -0.05) is 29.8 Å². The fourth-order valence-electron chi connectivity index (χ4n) is 1.94. The molecule has 1 aromatic heterocycles. The van der Waals surface area contributed by atoms with Crippen LogP contribution in [-0.2, 0) is 16.6 Å². The number of aliphatic hydroxyl groups excluding tert-OH is 1. The van der Waals surface area contributed by atoms with Crippen molar-refractivity contribution >= 4 is 21.6 Å². The topological polar surface area (TPSA) is 70.8 Å². The fourth-order valence-corrected chi connectivity index (χ4v) is 3.50. The van der Waals surface area contributed by atoms with Gasteiger partial charge in [0.15, 0.2) is 0 Å². The highest BCUT2D eigenvalue weighted by Gasteiger charge is 2.29. The van der Waals surface area contributed by atoms with Crippen LogP contribution in [0.2, 0.25) is 5.02 Å². The van der Waals surface area contributed by atoms with Gasteiger partial charge < -0.3 is 9.52 Å². The first kappa shape index (κ1) is 16.0. The quantitative estimate of drug-likeness (QED) is 0.915. The van der Waals surface area contributed by atoms with Crippen LogP contribution in [0.25, 0.3) is 0 Å². The third-order valence-electron chi connectivity index (χ3n) is 3.33. The number of nitrogens with zero attached hydrogens (tertiary/aromatic N) is 1. The molecule has 5 nitrogen and oxygen atoms in total. The van der Waals surface area contributed by atoms with E-state index in [2.05, 4.69) is 0 Å². The van der Waals surface area contributed by atoms with Crippen LogP contribution >= 0.6 is 11.6 Å². The van der Waals surface area contributed by atoms with E-state index in [1.54, 1.807) is 31.2 Å². The predicted molar refractivity (Wildman–Crippen MR) is 79.4 cm³/mol. The Morgan fingerprint density at radius 2 is 1.95 bits per heavy atom. The molecule has 1 heterocycles. The Morgan fingerprint density at radius 1 is 1.29 bits per heavy atom. The summed E-state index contributed by atoms with van der Waals surface area (Å²) >= 11 is 6.11. The summed E-state index contributed by atoms with van der Waals surface area (Å²) in [5.41, 5.74) is 0.708. The molecule has 2 aromatic rings. The molecule has 21 heavy (non-hydrogen) atoms. The van der Waals surface area contributed by atoms with Crippen LogP contribution in [0.3, 0.4) is 0 Å². The van der Waals surface area contributed by atoms with Gasteiger partial charge in [-0.3, -0.25) is 0 Å². The Bertz CT molecular complexity index is 726. The van der Waals surface area contributed by atoms with Gasteiger partial charge >= 0.3 is 0 Å².